The number of alkyl halides is 6. The molecule has 2 heterocycles. The van der Waals surface area contributed by atoms with Crippen LogP contribution >= 0.6 is 0 Å². The average Bonchev–Trinajstić information content (AvgIpc) is 2.82. The predicted molar refractivity (Wildman–Crippen MR) is 110 cm³/mol. The number of halogens is 6. The summed E-state index contributed by atoms with van der Waals surface area (Å²) >= 11 is 0. The van der Waals surface area contributed by atoms with Crippen LogP contribution in [0.25, 0.3) is 0 Å². The summed E-state index contributed by atoms with van der Waals surface area (Å²) in [6.07, 6.45) is -10.5. The molecular weight excluding hydrogens is 482 g/mol. The van der Waals surface area contributed by atoms with Gasteiger partial charge in [-0.2, -0.15) is 26.3 Å². The van der Waals surface area contributed by atoms with E-state index in [-0.39, 0.29) is 18.4 Å². The third-order valence-corrected chi connectivity index (χ3v) is 5.45. The van der Waals surface area contributed by atoms with Crippen molar-refractivity contribution in [1.82, 2.24) is 4.90 Å². The quantitative estimate of drug-likeness (QED) is 0.508. The molecule has 2 aliphatic rings. The van der Waals surface area contributed by atoms with Gasteiger partial charge in [-0.25, -0.2) is 4.79 Å². The van der Waals surface area contributed by atoms with Crippen molar-refractivity contribution in [2.45, 2.75) is 37.0 Å². The van der Waals surface area contributed by atoms with Crippen molar-refractivity contribution >= 4 is 12.0 Å². The first-order valence-electron chi connectivity index (χ1n) is 10.2. The Morgan fingerprint density at radius 2 is 1.66 bits per heavy atom. The van der Waals surface area contributed by atoms with Crippen molar-refractivity contribution in [2.24, 2.45) is 5.16 Å². The zero-order chi connectivity index (χ0) is 25.4. The van der Waals surface area contributed by atoms with Crippen LogP contribution in [0.5, 0.6) is 0 Å². The number of benzene rings is 2. The van der Waals surface area contributed by atoms with Gasteiger partial charge in [0.1, 0.15) is 6.04 Å². The molecule has 4 rings (SSSR count). The SMILES string of the molecule is COC(=O)N1C=C[C@H]2OC(Cc3ccccc3)=NO[C@H]2[C@@H]1c1cc(C(F)(F)F)cc(C(F)(F)F)c1. The highest BCUT2D eigenvalue weighted by Crippen LogP contribution is 2.42. The number of oxime groups is 1. The zero-order valence-electron chi connectivity index (χ0n) is 18.0. The molecule has 2 aliphatic heterocycles. The van der Waals surface area contributed by atoms with Gasteiger partial charge < -0.3 is 14.3 Å². The minimum absolute atomic E-state index is 0.0104. The lowest BCUT2D eigenvalue weighted by Crippen LogP contribution is -2.50. The third kappa shape index (κ3) is 5.20. The summed E-state index contributed by atoms with van der Waals surface area (Å²) < 4.78 is 91.2. The summed E-state index contributed by atoms with van der Waals surface area (Å²) in [5.74, 6) is 0.160. The molecular formula is C23H18F6N2O4. The van der Waals surface area contributed by atoms with E-state index in [4.69, 9.17) is 9.57 Å². The van der Waals surface area contributed by atoms with Gasteiger partial charge in [-0.05, 0) is 35.4 Å². The Hall–Kier alpha value is -3.70. The number of nitrogens with zero attached hydrogens (tertiary/aromatic N) is 2. The summed E-state index contributed by atoms with van der Waals surface area (Å²) in [4.78, 5) is 18.7. The van der Waals surface area contributed by atoms with E-state index in [1.54, 1.807) is 12.1 Å². The molecule has 0 saturated heterocycles. The van der Waals surface area contributed by atoms with Gasteiger partial charge in [0.2, 0.25) is 5.90 Å². The molecule has 35 heavy (non-hydrogen) atoms. The van der Waals surface area contributed by atoms with E-state index in [2.05, 4.69) is 9.89 Å². The highest BCUT2D eigenvalue weighted by molar-refractivity contribution is 5.79. The fourth-order valence-electron chi connectivity index (χ4n) is 3.86. The van der Waals surface area contributed by atoms with Crippen LogP contribution in [0, 0.1) is 0 Å². The first-order chi connectivity index (χ1) is 16.5. The number of amides is 1. The fraction of sp³-hybridized carbons (Fsp3) is 0.304. The fourth-order valence-corrected chi connectivity index (χ4v) is 3.86. The predicted octanol–water partition coefficient (Wildman–Crippen LogP) is 5.70. The second-order valence-corrected chi connectivity index (χ2v) is 7.80. The molecule has 3 atom stereocenters. The molecule has 0 N–H and O–H groups in total. The summed E-state index contributed by atoms with van der Waals surface area (Å²) in [5.41, 5.74) is -2.68. The van der Waals surface area contributed by atoms with Crippen molar-refractivity contribution in [3.63, 3.8) is 0 Å². The monoisotopic (exact) mass is 500 g/mol. The van der Waals surface area contributed by atoms with Crippen molar-refractivity contribution in [2.75, 3.05) is 7.11 Å². The number of hydrogen-bond acceptors (Lipinski definition) is 5. The maximum Gasteiger partial charge on any atom is 0.416 e. The number of carbonyl (C=O) groups is 1. The van der Waals surface area contributed by atoms with E-state index in [0.717, 1.165) is 17.6 Å². The molecule has 0 spiro atoms. The highest BCUT2D eigenvalue weighted by Gasteiger charge is 2.46. The highest BCUT2D eigenvalue weighted by atomic mass is 19.4. The average molecular weight is 500 g/mol. The van der Waals surface area contributed by atoms with Crippen LogP contribution in [0.4, 0.5) is 31.1 Å². The van der Waals surface area contributed by atoms with E-state index >= 15 is 0 Å². The van der Waals surface area contributed by atoms with E-state index in [1.165, 1.54) is 12.3 Å². The lowest BCUT2D eigenvalue weighted by Gasteiger charge is -2.41. The van der Waals surface area contributed by atoms with Crippen LogP contribution in [0.1, 0.15) is 28.3 Å². The normalized spacial score (nSPS) is 22.0. The molecule has 2 aromatic carbocycles. The largest absolute Gasteiger partial charge is 0.467 e. The van der Waals surface area contributed by atoms with Gasteiger partial charge >= 0.3 is 18.4 Å². The number of fused-ring (bicyclic) bond motifs is 1. The molecule has 1 amide bonds. The van der Waals surface area contributed by atoms with Gasteiger partial charge in [0.25, 0.3) is 0 Å². The number of carbonyl (C=O) groups excluding carboxylic acids is 1. The summed E-state index contributed by atoms with van der Waals surface area (Å²) in [5, 5.41) is 3.88. The maximum atomic E-state index is 13.5. The van der Waals surface area contributed by atoms with Crippen LogP contribution in [0.3, 0.4) is 0 Å². The number of methoxy groups -OCH3 is 1. The molecule has 2 aromatic rings. The molecule has 0 aliphatic carbocycles. The Bertz CT molecular complexity index is 1110. The summed E-state index contributed by atoms with van der Waals surface area (Å²) in [6, 6.07) is 8.70. The molecule has 186 valence electrons. The molecule has 0 fully saturated rings. The first-order valence-corrected chi connectivity index (χ1v) is 10.2. The maximum absolute atomic E-state index is 13.5. The van der Waals surface area contributed by atoms with Crippen LogP contribution in [0.15, 0.2) is 66.0 Å². The van der Waals surface area contributed by atoms with Crippen molar-refractivity contribution in [1.29, 1.82) is 0 Å². The smallest absolute Gasteiger partial charge is 0.416 e. The molecule has 12 heteroatoms. The van der Waals surface area contributed by atoms with Gasteiger partial charge in [-0.1, -0.05) is 35.5 Å². The van der Waals surface area contributed by atoms with Crippen LogP contribution in [-0.2, 0) is 33.1 Å². The Kier molecular flexibility index (Phi) is 6.39. The number of hydrogen-bond donors (Lipinski definition) is 0. The zero-order valence-corrected chi connectivity index (χ0v) is 18.0. The topological polar surface area (TPSA) is 60.4 Å². The van der Waals surface area contributed by atoms with Gasteiger partial charge in [0, 0.05) is 6.20 Å². The van der Waals surface area contributed by atoms with Crippen molar-refractivity contribution in [3.8, 4) is 0 Å². The minimum atomic E-state index is -5.07. The van der Waals surface area contributed by atoms with Gasteiger partial charge in [0.05, 0.1) is 24.7 Å². The standard InChI is InChI=1S/C23H18F6N2O4/c1-33-21(32)31-8-7-17-20(35-30-18(34-17)9-13-5-3-2-4-6-13)19(31)14-10-15(22(24,25)26)12-16(11-14)23(27,28)29/h2-8,10-12,17,19-20H,9H2,1H3/t17-,19+,20-/m1/s1. The molecule has 0 radical (unpaired) electrons. The number of rotatable bonds is 3. The van der Waals surface area contributed by atoms with Gasteiger partial charge in [-0.15, -0.1) is 0 Å². The molecule has 0 unspecified atom stereocenters. The molecule has 0 bridgehead atoms. The van der Waals surface area contributed by atoms with E-state index in [1.807, 2.05) is 18.2 Å². The first kappa shape index (κ1) is 24.4. The Morgan fingerprint density at radius 1 is 1.03 bits per heavy atom. The number of ether oxygens (including phenoxy) is 2. The second-order valence-electron chi connectivity index (χ2n) is 7.80. The second kappa shape index (κ2) is 9.16. The summed E-state index contributed by atoms with van der Waals surface area (Å²) in [6.45, 7) is 0. The van der Waals surface area contributed by atoms with Crippen LogP contribution < -0.4 is 0 Å². The molecule has 0 saturated carbocycles. The van der Waals surface area contributed by atoms with Crippen LogP contribution in [-0.4, -0.2) is 36.2 Å². The van der Waals surface area contributed by atoms with Crippen molar-refractivity contribution in [3.05, 3.63) is 83.1 Å². The Balaban J connectivity index is 1.75. The third-order valence-electron chi connectivity index (χ3n) is 5.45. The van der Waals surface area contributed by atoms with Crippen LogP contribution in [0.2, 0.25) is 0 Å². The lowest BCUT2D eigenvalue weighted by atomic mass is 9.90. The Morgan fingerprint density at radius 3 is 2.23 bits per heavy atom. The summed E-state index contributed by atoms with van der Waals surface area (Å²) in [7, 11) is 1.03. The molecule has 0 aromatic heterocycles. The lowest BCUT2D eigenvalue weighted by molar-refractivity contribution is -0.143. The van der Waals surface area contributed by atoms with E-state index < -0.39 is 53.4 Å². The van der Waals surface area contributed by atoms with E-state index in [0.29, 0.717) is 12.1 Å². The van der Waals surface area contributed by atoms with Gasteiger partial charge in [0.15, 0.2) is 12.2 Å². The van der Waals surface area contributed by atoms with E-state index in [9.17, 15) is 31.1 Å². The Labute approximate surface area is 195 Å². The molecule has 6 nitrogen and oxygen atoms in total. The van der Waals surface area contributed by atoms with Gasteiger partial charge in [-0.3, -0.25) is 4.90 Å². The van der Waals surface area contributed by atoms with Crippen molar-refractivity contribution < 1.29 is 45.4 Å². The minimum Gasteiger partial charge on any atom is -0.467 e.